The maximum atomic E-state index is 12.1. The standard InChI is InChI=1S/C18H23N3O2/c1-13(22)20(2)16-7-9-21(10-8-16)12-15-11-14-5-3-4-6-17(14)18(23)19-15/h3-6,11,16H,7-10,12H2,1-2H3,(H,19,23). The van der Waals surface area contributed by atoms with Crippen LogP contribution >= 0.6 is 0 Å². The molecule has 5 heteroatoms. The average molecular weight is 313 g/mol. The molecule has 1 saturated heterocycles. The number of carbonyl (C=O) groups excluding carboxylic acids is 1. The van der Waals surface area contributed by atoms with Gasteiger partial charge in [0.25, 0.3) is 5.56 Å². The highest BCUT2D eigenvalue weighted by atomic mass is 16.2. The molecule has 1 aliphatic rings. The molecule has 1 N–H and O–H groups in total. The number of rotatable bonds is 3. The van der Waals surface area contributed by atoms with Crippen LogP contribution in [0.2, 0.25) is 0 Å². The molecule has 5 nitrogen and oxygen atoms in total. The largest absolute Gasteiger partial charge is 0.343 e. The van der Waals surface area contributed by atoms with E-state index in [4.69, 9.17) is 0 Å². The van der Waals surface area contributed by atoms with Crippen LogP contribution in [0, 0.1) is 0 Å². The third-order valence-corrected chi connectivity index (χ3v) is 4.80. The average Bonchev–Trinajstić information content (AvgIpc) is 2.55. The fraction of sp³-hybridized carbons (Fsp3) is 0.444. The predicted octanol–water partition coefficient (Wildman–Crippen LogP) is 1.97. The summed E-state index contributed by atoms with van der Waals surface area (Å²) in [5.74, 6) is 0.127. The molecule has 1 amide bonds. The number of piperidine rings is 1. The van der Waals surface area contributed by atoms with Crippen LogP contribution in [0.1, 0.15) is 25.5 Å². The zero-order valence-corrected chi connectivity index (χ0v) is 13.7. The van der Waals surface area contributed by atoms with Gasteiger partial charge in [0.2, 0.25) is 5.91 Å². The highest BCUT2D eigenvalue weighted by Gasteiger charge is 2.23. The summed E-state index contributed by atoms with van der Waals surface area (Å²) in [5, 5.41) is 1.72. The zero-order chi connectivity index (χ0) is 16.4. The van der Waals surface area contributed by atoms with E-state index >= 15 is 0 Å². The summed E-state index contributed by atoms with van der Waals surface area (Å²) in [6.45, 7) is 4.25. The monoisotopic (exact) mass is 313 g/mol. The van der Waals surface area contributed by atoms with Crippen molar-refractivity contribution in [2.24, 2.45) is 0 Å². The number of aromatic nitrogens is 1. The van der Waals surface area contributed by atoms with Gasteiger partial charge in [-0.1, -0.05) is 18.2 Å². The summed E-state index contributed by atoms with van der Waals surface area (Å²) in [7, 11) is 1.88. The maximum absolute atomic E-state index is 12.1. The number of carbonyl (C=O) groups is 1. The van der Waals surface area contributed by atoms with Gasteiger partial charge in [-0.05, 0) is 30.4 Å². The topological polar surface area (TPSA) is 56.4 Å². The van der Waals surface area contributed by atoms with Gasteiger partial charge < -0.3 is 9.88 Å². The van der Waals surface area contributed by atoms with E-state index in [0.29, 0.717) is 6.04 Å². The van der Waals surface area contributed by atoms with Crippen molar-refractivity contribution in [2.75, 3.05) is 20.1 Å². The predicted molar refractivity (Wildman–Crippen MR) is 91.3 cm³/mol. The Bertz CT molecular complexity index is 760. The number of H-pyrrole nitrogens is 1. The lowest BCUT2D eigenvalue weighted by Crippen LogP contribution is -2.44. The zero-order valence-electron chi connectivity index (χ0n) is 13.7. The van der Waals surface area contributed by atoms with Gasteiger partial charge in [-0.3, -0.25) is 14.5 Å². The van der Waals surface area contributed by atoms with Gasteiger partial charge in [-0.25, -0.2) is 0 Å². The van der Waals surface area contributed by atoms with E-state index in [2.05, 4.69) is 16.0 Å². The van der Waals surface area contributed by atoms with Crippen molar-refractivity contribution >= 4 is 16.7 Å². The Hall–Kier alpha value is -2.14. The van der Waals surface area contributed by atoms with E-state index in [9.17, 15) is 9.59 Å². The number of hydrogen-bond acceptors (Lipinski definition) is 3. The first kappa shape index (κ1) is 15.7. The van der Waals surface area contributed by atoms with Crippen molar-refractivity contribution in [1.29, 1.82) is 0 Å². The van der Waals surface area contributed by atoms with Gasteiger partial charge in [0.05, 0.1) is 0 Å². The van der Waals surface area contributed by atoms with Crippen molar-refractivity contribution in [3.63, 3.8) is 0 Å². The van der Waals surface area contributed by atoms with Crippen LogP contribution in [0.15, 0.2) is 35.1 Å². The van der Waals surface area contributed by atoms with Crippen LogP contribution in [-0.2, 0) is 11.3 Å². The van der Waals surface area contributed by atoms with Gasteiger partial charge in [-0.15, -0.1) is 0 Å². The van der Waals surface area contributed by atoms with Gasteiger partial charge in [-0.2, -0.15) is 0 Å². The molecule has 1 aromatic heterocycles. The van der Waals surface area contributed by atoms with Crippen LogP contribution in [0.25, 0.3) is 10.8 Å². The molecule has 0 saturated carbocycles. The fourth-order valence-electron chi connectivity index (χ4n) is 3.31. The third-order valence-electron chi connectivity index (χ3n) is 4.80. The van der Waals surface area contributed by atoms with Crippen LogP contribution in [0.4, 0.5) is 0 Å². The molecule has 2 aromatic rings. The molecule has 0 aliphatic carbocycles. The van der Waals surface area contributed by atoms with Crippen molar-refractivity contribution in [1.82, 2.24) is 14.8 Å². The molecule has 2 heterocycles. The second-order valence-electron chi connectivity index (χ2n) is 6.35. The van der Waals surface area contributed by atoms with E-state index < -0.39 is 0 Å². The summed E-state index contributed by atoms with van der Waals surface area (Å²) < 4.78 is 0. The highest BCUT2D eigenvalue weighted by molar-refractivity contribution is 5.81. The maximum Gasteiger partial charge on any atom is 0.256 e. The first-order valence-electron chi connectivity index (χ1n) is 8.11. The molecular weight excluding hydrogens is 290 g/mol. The molecule has 122 valence electrons. The summed E-state index contributed by atoms with van der Waals surface area (Å²) in [6, 6.07) is 10.1. The fourth-order valence-corrected chi connectivity index (χ4v) is 3.31. The third kappa shape index (κ3) is 3.45. The van der Waals surface area contributed by atoms with Gasteiger partial charge in [0, 0.05) is 50.7 Å². The van der Waals surface area contributed by atoms with E-state index in [0.717, 1.165) is 48.9 Å². The number of hydrogen-bond donors (Lipinski definition) is 1. The molecule has 1 aliphatic heterocycles. The Morgan fingerprint density at radius 3 is 2.70 bits per heavy atom. The van der Waals surface area contributed by atoms with Crippen molar-refractivity contribution in [3.8, 4) is 0 Å². The molecule has 0 spiro atoms. The number of benzene rings is 1. The molecule has 23 heavy (non-hydrogen) atoms. The van der Waals surface area contributed by atoms with Crippen LogP contribution < -0.4 is 5.56 Å². The molecule has 3 rings (SSSR count). The van der Waals surface area contributed by atoms with Crippen LogP contribution in [0.3, 0.4) is 0 Å². The Balaban J connectivity index is 1.67. The minimum Gasteiger partial charge on any atom is -0.343 e. The lowest BCUT2D eigenvalue weighted by Gasteiger charge is -2.36. The van der Waals surface area contributed by atoms with Gasteiger partial charge in [0.15, 0.2) is 0 Å². The summed E-state index contributed by atoms with van der Waals surface area (Å²) in [6.07, 6.45) is 1.96. The summed E-state index contributed by atoms with van der Waals surface area (Å²) in [4.78, 5) is 30.8. The number of nitrogens with zero attached hydrogens (tertiary/aromatic N) is 2. The highest BCUT2D eigenvalue weighted by Crippen LogP contribution is 2.18. The van der Waals surface area contributed by atoms with Crippen LogP contribution in [-0.4, -0.2) is 46.9 Å². The van der Waals surface area contributed by atoms with E-state index in [1.165, 1.54) is 0 Å². The molecule has 0 bridgehead atoms. The Kier molecular flexibility index (Phi) is 4.48. The lowest BCUT2D eigenvalue weighted by atomic mass is 10.0. The number of pyridine rings is 1. The number of amides is 1. The molecule has 0 atom stereocenters. The molecule has 0 unspecified atom stereocenters. The smallest absolute Gasteiger partial charge is 0.256 e. The van der Waals surface area contributed by atoms with Crippen molar-refractivity contribution < 1.29 is 4.79 Å². The Labute approximate surface area is 135 Å². The molecule has 0 radical (unpaired) electrons. The van der Waals surface area contributed by atoms with Crippen molar-refractivity contribution in [3.05, 3.63) is 46.4 Å². The van der Waals surface area contributed by atoms with Gasteiger partial charge >= 0.3 is 0 Å². The minimum atomic E-state index is -0.0238. The van der Waals surface area contributed by atoms with Crippen molar-refractivity contribution in [2.45, 2.75) is 32.4 Å². The first-order chi connectivity index (χ1) is 11.0. The molecule has 1 fully saturated rings. The Morgan fingerprint density at radius 2 is 2.00 bits per heavy atom. The number of fused-ring (bicyclic) bond motifs is 1. The first-order valence-corrected chi connectivity index (χ1v) is 8.11. The number of nitrogens with one attached hydrogen (secondary N) is 1. The number of likely N-dealkylation sites (tertiary alicyclic amines) is 1. The lowest BCUT2D eigenvalue weighted by molar-refractivity contribution is -0.130. The van der Waals surface area contributed by atoms with Gasteiger partial charge in [0.1, 0.15) is 0 Å². The number of aromatic amines is 1. The SMILES string of the molecule is CC(=O)N(C)C1CCN(Cc2cc3ccccc3c(=O)[nH]2)CC1. The van der Waals surface area contributed by atoms with Crippen LogP contribution in [0.5, 0.6) is 0 Å². The molecular formula is C18H23N3O2. The Morgan fingerprint density at radius 1 is 1.30 bits per heavy atom. The summed E-state index contributed by atoms with van der Waals surface area (Å²) >= 11 is 0. The minimum absolute atomic E-state index is 0.0238. The van der Waals surface area contributed by atoms with E-state index in [-0.39, 0.29) is 11.5 Å². The molecule has 1 aromatic carbocycles. The second kappa shape index (κ2) is 6.54. The van der Waals surface area contributed by atoms with E-state index in [1.807, 2.05) is 36.2 Å². The quantitative estimate of drug-likeness (QED) is 0.942. The second-order valence-corrected chi connectivity index (χ2v) is 6.35. The summed E-state index contributed by atoms with van der Waals surface area (Å²) in [5.41, 5.74) is 0.927. The normalized spacial score (nSPS) is 16.6. The van der Waals surface area contributed by atoms with E-state index in [1.54, 1.807) is 6.92 Å².